The minimum Gasteiger partial charge on any atom is -0.312 e. The number of ketones is 1. The molecule has 1 aliphatic rings. The van der Waals surface area contributed by atoms with Gasteiger partial charge in [-0.25, -0.2) is 0 Å². The minimum absolute atomic E-state index is 0.0206. The van der Waals surface area contributed by atoms with E-state index in [4.69, 9.17) is 0 Å². The van der Waals surface area contributed by atoms with E-state index in [9.17, 15) is 9.59 Å². The smallest absolute Gasteiger partial charge is 0.227 e. The molecule has 0 N–H and O–H groups in total. The third-order valence-corrected chi connectivity index (χ3v) is 3.23. The highest BCUT2D eigenvalue weighted by Crippen LogP contribution is 2.28. The topological polar surface area (TPSA) is 37.4 Å². The summed E-state index contributed by atoms with van der Waals surface area (Å²) in [5.41, 5.74) is 3.19. The molecule has 1 saturated heterocycles. The Morgan fingerprint density at radius 1 is 1.33 bits per heavy atom. The van der Waals surface area contributed by atoms with Crippen LogP contribution in [0.25, 0.3) is 5.57 Å². The molecule has 1 fully saturated rings. The molecule has 0 atom stereocenters. The Labute approximate surface area is 107 Å². The van der Waals surface area contributed by atoms with E-state index in [2.05, 4.69) is 6.58 Å². The lowest BCUT2D eigenvalue weighted by Crippen LogP contribution is -2.25. The third-order valence-electron chi connectivity index (χ3n) is 3.23. The highest BCUT2D eigenvalue weighted by atomic mass is 16.2. The summed E-state index contributed by atoms with van der Waals surface area (Å²) in [4.78, 5) is 25.2. The van der Waals surface area contributed by atoms with Crippen LogP contribution in [0.4, 0.5) is 5.69 Å². The number of Topliss-reactive ketones (excluding diaryl/α,β-unsaturated/α-hetero) is 1. The van der Waals surface area contributed by atoms with Gasteiger partial charge in [-0.3, -0.25) is 9.59 Å². The zero-order chi connectivity index (χ0) is 13.3. The number of carbonyl (C=O) groups is 2. The van der Waals surface area contributed by atoms with Crippen molar-refractivity contribution >= 4 is 23.0 Å². The molecule has 0 unspecified atom stereocenters. The quantitative estimate of drug-likeness (QED) is 0.765. The number of hydrogen-bond donors (Lipinski definition) is 0. The van der Waals surface area contributed by atoms with Gasteiger partial charge in [0.2, 0.25) is 5.91 Å². The maximum Gasteiger partial charge on any atom is 0.227 e. The van der Waals surface area contributed by atoms with Crippen molar-refractivity contribution in [2.24, 2.45) is 0 Å². The summed E-state index contributed by atoms with van der Waals surface area (Å²) in [6.07, 6.45) is 1.43. The van der Waals surface area contributed by atoms with Crippen molar-refractivity contribution in [3.63, 3.8) is 0 Å². The number of rotatable bonds is 3. The second-order valence-electron chi connectivity index (χ2n) is 4.72. The molecule has 3 heteroatoms. The first-order valence-corrected chi connectivity index (χ1v) is 6.12. The Morgan fingerprint density at radius 3 is 2.56 bits per heavy atom. The van der Waals surface area contributed by atoms with E-state index in [1.165, 1.54) is 6.92 Å². The normalized spacial score (nSPS) is 15.0. The lowest BCUT2D eigenvalue weighted by molar-refractivity contribution is -0.117. The van der Waals surface area contributed by atoms with E-state index in [0.29, 0.717) is 18.5 Å². The molecule has 1 amide bonds. The molecule has 0 spiro atoms. The van der Waals surface area contributed by atoms with Crippen LogP contribution in [0.3, 0.4) is 0 Å². The molecular weight excluding hydrogens is 226 g/mol. The van der Waals surface area contributed by atoms with E-state index >= 15 is 0 Å². The van der Waals surface area contributed by atoms with Gasteiger partial charge in [-0.1, -0.05) is 18.2 Å². The monoisotopic (exact) mass is 243 g/mol. The lowest BCUT2D eigenvalue weighted by Gasteiger charge is -2.19. The van der Waals surface area contributed by atoms with Gasteiger partial charge in [-0.15, -0.1) is 0 Å². The maximum atomic E-state index is 11.8. The third kappa shape index (κ3) is 2.21. The van der Waals surface area contributed by atoms with Crippen LogP contribution in [0.2, 0.25) is 0 Å². The van der Waals surface area contributed by atoms with Crippen LogP contribution in [0.5, 0.6) is 0 Å². The van der Waals surface area contributed by atoms with Crippen LogP contribution in [-0.2, 0) is 4.79 Å². The molecule has 18 heavy (non-hydrogen) atoms. The summed E-state index contributed by atoms with van der Waals surface area (Å²) < 4.78 is 0. The molecule has 1 heterocycles. The maximum absolute atomic E-state index is 11.8. The first kappa shape index (κ1) is 12.6. The van der Waals surface area contributed by atoms with Crippen molar-refractivity contribution in [3.8, 4) is 0 Å². The number of anilines is 1. The number of nitrogens with zero attached hydrogens (tertiary/aromatic N) is 1. The Balaban J connectivity index is 2.50. The van der Waals surface area contributed by atoms with Crippen LogP contribution in [-0.4, -0.2) is 18.2 Å². The summed E-state index contributed by atoms with van der Waals surface area (Å²) in [6.45, 7) is 8.01. The van der Waals surface area contributed by atoms with Gasteiger partial charge in [0.05, 0.1) is 5.69 Å². The molecule has 1 aromatic rings. The van der Waals surface area contributed by atoms with Crippen molar-refractivity contribution in [2.45, 2.75) is 26.7 Å². The predicted molar refractivity (Wildman–Crippen MR) is 72.7 cm³/mol. The number of benzene rings is 1. The second kappa shape index (κ2) is 4.77. The van der Waals surface area contributed by atoms with Crippen LogP contribution in [0.15, 0.2) is 24.8 Å². The summed E-state index contributed by atoms with van der Waals surface area (Å²) in [7, 11) is 0. The Bertz CT molecular complexity index is 531. The summed E-state index contributed by atoms with van der Waals surface area (Å²) in [5.74, 6) is 0.0772. The van der Waals surface area contributed by atoms with Gasteiger partial charge in [-0.05, 0) is 38.0 Å². The number of amides is 1. The van der Waals surface area contributed by atoms with Crippen molar-refractivity contribution < 1.29 is 9.59 Å². The van der Waals surface area contributed by atoms with Crippen molar-refractivity contribution in [3.05, 3.63) is 35.9 Å². The zero-order valence-electron chi connectivity index (χ0n) is 10.8. The van der Waals surface area contributed by atoms with Gasteiger partial charge in [0.1, 0.15) is 0 Å². The first-order valence-electron chi connectivity index (χ1n) is 6.12. The summed E-state index contributed by atoms with van der Waals surface area (Å²) >= 11 is 0. The molecule has 3 nitrogen and oxygen atoms in total. The fourth-order valence-corrected chi connectivity index (χ4v) is 2.22. The summed E-state index contributed by atoms with van der Waals surface area (Å²) in [6, 6.07) is 5.59. The Hall–Kier alpha value is -1.90. The highest BCUT2D eigenvalue weighted by molar-refractivity contribution is 6.06. The standard InChI is InChI=1S/C15H17NO2/c1-10(2)12-6-7-14(13(9-12)11(3)17)16-8-4-5-15(16)18/h6-7,9H,1,4-5,8H2,2-3H3. The molecule has 1 aromatic carbocycles. The van der Waals surface area contributed by atoms with Crippen LogP contribution in [0, 0.1) is 0 Å². The fraction of sp³-hybridized carbons (Fsp3) is 0.333. The largest absolute Gasteiger partial charge is 0.312 e. The van der Waals surface area contributed by atoms with E-state index in [1.54, 1.807) is 4.90 Å². The van der Waals surface area contributed by atoms with Crippen LogP contribution < -0.4 is 4.90 Å². The van der Waals surface area contributed by atoms with Gasteiger partial charge in [0.15, 0.2) is 5.78 Å². The van der Waals surface area contributed by atoms with Crippen molar-refractivity contribution in [1.29, 1.82) is 0 Å². The average Bonchev–Trinajstić information content (AvgIpc) is 2.74. The van der Waals surface area contributed by atoms with Crippen molar-refractivity contribution in [2.75, 3.05) is 11.4 Å². The van der Waals surface area contributed by atoms with Gasteiger partial charge >= 0.3 is 0 Å². The molecule has 0 radical (unpaired) electrons. The van der Waals surface area contributed by atoms with E-state index in [-0.39, 0.29) is 11.7 Å². The fourth-order valence-electron chi connectivity index (χ4n) is 2.22. The van der Waals surface area contributed by atoms with Gasteiger partial charge < -0.3 is 4.90 Å². The minimum atomic E-state index is -0.0206. The molecule has 1 aliphatic heterocycles. The van der Waals surface area contributed by atoms with E-state index in [0.717, 1.165) is 23.2 Å². The van der Waals surface area contributed by atoms with Crippen molar-refractivity contribution in [1.82, 2.24) is 0 Å². The predicted octanol–water partition coefficient (Wildman–Crippen LogP) is 3.05. The summed E-state index contributed by atoms with van der Waals surface area (Å²) in [5, 5.41) is 0. The molecule has 0 aromatic heterocycles. The lowest BCUT2D eigenvalue weighted by atomic mass is 10.0. The van der Waals surface area contributed by atoms with E-state index in [1.807, 2.05) is 25.1 Å². The van der Waals surface area contributed by atoms with Gasteiger partial charge in [0.25, 0.3) is 0 Å². The van der Waals surface area contributed by atoms with Gasteiger partial charge in [-0.2, -0.15) is 0 Å². The zero-order valence-corrected chi connectivity index (χ0v) is 10.8. The Morgan fingerprint density at radius 2 is 2.06 bits per heavy atom. The first-order chi connectivity index (χ1) is 8.50. The SMILES string of the molecule is C=C(C)c1ccc(N2CCCC2=O)c(C(C)=O)c1. The average molecular weight is 243 g/mol. The number of carbonyl (C=O) groups excluding carboxylic acids is 2. The molecule has 0 saturated carbocycles. The molecule has 2 rings (SSSR count). The molecule has 94 valence electrons. The Kier molecular flexibility index (Phi) is 3.32. The second-order valence-corrected chi connectivity index (χ2v) is 4.72. The van der Waals surface area contributed by atoms with Gasteiger partial charge in [0, 0.05) is 18.5 Å². The number of allylic oxidation sites excluding steroid dienone is 1. The van der Waals surface area contributed by atoms with Crippen LogP contribution >= 0.6 is 0 Å². The molecule has 0 bridgehead atoms. The van der Waals surface area contributed by atoms with E-state index < -0.39 is 0 Å². The van der Waals surface area contributed by atoms with Crippen LogP contribution in [0.1, 0.15) is 42.6 Å². The molecule has 0 aliphatic carbocycles. The highest BCUT2D eigenvalue weighted by Gasteiger charge is 2.25. The molecular formula is C15H17NO2. The number of hydrogen-bond acceptors (Lipinski definition) is 2.